The van der Waals surface area contributed by atoms with Crippen LogP contribution < -0.4 is 5.32 Å². The summed E-state index contributed by atoms with van der Waals surface area (Å²) in [7, 11) is 0. The highest BCUT2D eigenvalue weighted by Crippen LogP contribution is 2.14. The van der Waals surface area contributed by atoms with Gasteiger partial charge in [-0.05, 0) is 42.7 Å². The van der Waals surface area contributed by atoms with Crippen LogP contribution in [-0.4, -0.2) is 17.5 Å². The summed E-state index contributed by atoms with van der Waals surface area (Å²) >= 11 is 2.46. The molecule has 1 atom stereocenters. The van der Waals surface area contributed by atoms with Gasteiger partial charge in [0, 0.05) is 0 Å². The van der Waals surface area contributed by atoms with Gasteiger partial charge in [0.05, 0.1) is 0 Å². The molecule has 1 nitrogen and oxygen atoms in total. The quantitative estimate of drug-likeness (QED) is 0.572. The summed E-state index contributed by atoms with van der Waals surface area (Å²) in [5.41, 5.74) is 0. The largest absolute Gasteiger partial charge is 0.316 e. The molecule has 0 radical (unpaired) electrons. The first-order valence-electron chi connectivity index (χ1n) is 3.70. The van der Waals surface area contributed by atoms with Crippen molar-refractivity contribution in [3.63, 3.8) is 0 Å². The number of rotatable bonds is 2. The first-order chi connectivity index (χ1) is 4.43. The number of piperidine rings is 1. The van der Waals surface area contributed by atoms with Crippen LogP contribution >= 0.6 is 22.6 Å². The van der Waals surface area contributed by atoms with E-state index in [0.717, 1.165) is 5.92 Å². The van der Waals surface area contributed by atoms with Gasteiger partial charge >= 0.3 is 0 Å². The molecule has 0 aromatic rings. The first-order valence-corrected chi connectivity index (χ1v) is 5.22. The fraction of sp³-hybridized carbons (Fsp3) is 1.00. The summed E-state index contributed by atoms with van der Waals surface area (Å²) in [5, 5.41) is 3.42. The van der Waals surface area contributed by atoms with Crippen molar-refractivity contribution >= 4 is 22.6 Å². The molecule has 54 valence electrons. The molecule has 0 aromatic heterocycles. The molecule has 1 aliphatic rings. The van der Waals surface area contributed by atoms with Gasteiger partial charge in [0.15, 0.2) is 0 Å². The van der Waals surface area contributed by atoms with E-state index in [1.54, 1.807) is 0 Å². The molecule has 1 fully saturated rings. The summed E-state index contributed by atoms with van der Waals surface area (Å²) in [6.45, 7) is 2.51. The predicted molar refractivity (Wildman–Crippen MR) is 49.1 cm³/mol. The number of hydrogen-bond acceptors (Lipinski definition) is 1. The van der Waals surface area contributed by atoms with Crippen LogP contribution in [0.15, 0.2) is 0 Å². The van der Waals surface area contributed by atoms with Gasteiger partial charge in [-0.2, -0.15) is 0 Å². The third-order valence-corrected chi connectivity index (χ3v) is 2.54. The summed E-state index contributed by atoms with van der Waals surface area (Å²) in [5.74, 6) is 0.982. The SMILES string of the molecule is ICC[C@@H]1CCCNC1. The maximum absolute atomic E-state index is 3.42. The normalized spacial score (nSPS) is 28.3. The van der Waals surface area contributed by atoms with E-state index < -0.39 is 0 Å². The van der Waals surface area contributed by atoms with E-state index in [1.165, 1.54) is 36.8 Å². The average Bonchev–Trinajstić information content (AvgIpc) is 1.91. The second-order valence-corrected chi connectivity index (χ2v) is 3.77. The molecule has 2 heteroatoms. The van der Waals surface area contributed by atoms with Gasteiger partial charge in [-0.1, -0.05) is 22.6 Å². The molecule has 0 bridgehead atoms. The Morgan fingerprint density at radius 3 is 3.00 bits per heavy atom. The van der Waals surface area contributed by atoms with E-state index in [-0.39, 0.29) is 0 Å². The Hall–Kier alpha value is 0.690. The zero-order valence-electron chi connectivity index (χ0n) is 5.70. The fourth-order valence-corrected chi connectivity index (χ4v) is 2.21. The number of hydrogen-bond donors (Lipinski definition) is 1. The van der Waals surface area contributed by atoms with E-state index >= 15 is 0 Å². The van der Waals surface area contributed by atoms with Crippen molar-refractivity contribution < 1.29 is 0 Å². The van der Waals surface area contributed by atoms with Crippen molar-refractivity contribution in [2.75, 3.05) is 17.5 Å². The van der Waals surface area contributed by atoms with Gasteiger partial charge < -0.3 is 5.32 Å². The third kappa shape index (κ3) is 2.85. The third-order valence-electron chi connectivity index (χ3n) is 1.92. The molecule has 0 saturated carbocycles. The lowest BCUT2D eigenvalue weighted by Gasteiger charge is -2.21. The fourth-order valence-electron chi connectivity index (χ4n) is 1.32. The highest BCUT2D eigenvalue weighted by molar-refractivity contribution is 14.1. The molecule has 1 rings (SSSR count). The summed E-state index contributed by atoms with van der Waals surface area (Å²) in [6, 6.07) is 0. The van der Waals surface area contributed by atoms with Crippen LogP contribution in [0.25, 0.3) is 0 Å². The van der Waals surface area contributed by atoms with Crippen molar-refractivity contribution in [3.8, 4) is 0 Å². The van der Waals surface area contributed by atoms with Crippen LogP contribution in [0.2, 0.25) is 0 Å². The Morgan fingerprint density at radius 1 is 1.56 bits per heavy atom. The standard InChI is InChI=1S/C7H14IN/c8-4-3-7-2-1-5-9-6-7/h7,9H,1-6H2/t7-/m0/s1. The lowest BCUT2D eigenvalue weighted by molar-refractivity contribution is 0.372. The lowest BCUT2D eigenvalue weighted by atomic mass is 9.97. The van der Waals surface area contributed by atoms with Crippen LogP contribution in [0.1, 0.15) is 19.3 Å². The molecular weight excluding hydrogens is 225 g/mol. The van der Waals surface area contributed by atoms with Crippen LogP contribution in [-0.2, 0) is 0 Å². The van der Waals surface area contributed by atoms with Crippen molar-refractivity contribution in [2.24, 2.45) is 5.92 Å². The number of nitrogens with one attached hydrogen (secondary N) is 1. The van der Waals surface area contributed by atoms with E-state index in [0.29, 0.717) is 0 Å². The zero-order chi connectivity index (χ0) is 6.53. The van der Waals surface area contributed by atoms with Crippen LogP contribution in [0.5, 0.6) is 0 Å². The molecule has 1 aliphatic heterocycles. The molecule has 0 spiro atoms. The molecule has 0 aliphatic carbocycles. The minimum Gasteiger partial charge on any atom is -0.316 e. The molecule has 0 unspecified atom stereocenters. The van der Waals surface area contributed by atoms with Gasteiger partial charge in [-0.3, -0.25) is 0 Å². The second-order valence-electron chi connectivity index (χ2n) is 2.69. The summed E-state index contributed by atoms with van der Waals surface area (Å²) in [6.07, 6.45) is 4.25. The maximum atomic E-state index is 3.42. The first kappa shape index (κ1) is 7.79. The molecule has 1 heterocycles. The Morgan fingerprint density at radius 2 is 2.44 bits per heavy atom. The Labute approximate surface area is 70.7 Å². The highest BCUT2D eigenvalue weighted by Gasteiger charge is 2.10. The maximum Gasteiger partial charge on any atom is -0.000162 e. The van der Waals surface area contributed by atoms with E-state index in [2.05, 4.69) is 27.9 Å². The van der Waals surface area contributed by atoms with E-state index in [4.69, 9.17) is 0 Å². The lowest BCUT2D eigenvalue weighted by Crippen LogP contribution is -2.29. The zero-order valence-corrected chi connectivity index (χ0v) is 7.86. The number of alkyl halides is 1. The van der Waals surface area contributed by atoms with Gasteiger partial charge in [0.1, 0.15) is 0 Å². The smallest absolute Gasteiger partial charge is 0.000162 e. The van der Waals surface area contributed by atoms with Gasteiger partial charge in [-0.15, -0.1) is 0 Å². The monoisotopic (exact) mass is 239 g/mol. The van der Waals surface area contributed by atoms with Crippen molar-refractivity contribution in [1.82, 2.24) is 5.32 Å². The second kappa shape index (κ2) is 4.50. The van der Waals surface area contributed by atoms with Crippen LogP contribution in [0.4, 0.5) is 0 Å². The van der Waals surface area contributed by atoms with E-state index in [9.17, 15) is 0 Å². The van der Waals surface area contributed by atoms with Crippen molar-refractivity contribution in [1.29, 1.82) is 0 Å². The molecule has 0 aromatic carbocycles. The minimum absolute atomic E-state index is 0.982. The van der Waals surface area contributed by atoms with Crippen LogP contribution in [0.3, 0.4) is 0 Å². The molecule has 0 amide bonds. The average molecular weight is 239 g/mol. The molecular formula is C7H14IN. The predicted octanol–water partition coefficient (Wildman–Crippen LogP) is 1.81. The van der Waals surface area contributed by atoms with Gasteiger partial charge in [-0.25, -0.2) is 0 Å². The Bertz CT molecular complexity index is 66.6. The molecule has 1 N–H and O–H groups in total. The van der Waals surface area contributed by atoms with E-state index in [1.807, 2.05) is 0 Å². The Kier molecular flexibility index (Phi) is 3.89. The van der Waals surface area contributed by atoms with Crippen molar-refractivity contribution in [3.05, 3.63) is 0 Å². The van der Waals surface area contributed by atoms with Crippen molar-refractivity contribution in [2.45, 2.75) is 19.3 Å². The topological polar surface area (TPSA) is 12.0 Å². The Balaban J connectivity index is 2.08. The molecule has 1 saturated heterocycles. The van der Waals surface area contributed by atoms with Crippen LogP contribution in [0, 0.1) is 5.92 Å². The van der Waals surface area contributed by atoms with Gasteiger partial charge in [0.25, 0.3) is 0 Å². The minimum atomic E-state index is 0.982. The number of halogens is 1. The summed E-state index contributed by atoms with van der Waals surface area (Å²) in [4.78, 5) is 0. The molecule has 9 heavy (non-hydrogen) atoms. The van der Waals surface area contributed by atoms with Gasteiger partial charge in [0.2, 0.25) is 0 Å². The highest BCUT2D eigenvalue weighted by atomic mass is 127. The summed E-state index contributed by atoms with van der Waals surface area (Å²) < 4.78 is 1.32.